The summed E-state index contributed by atoms with van der Waals surface area (Å²) >= 11 is 0. The molecule has 0 saturated carbocycles. The van der Waals surface area contributed by atoms with Gasteiger partial charge in [-0.1, -0.05) is 13.8 Å². The Morgan fingerprint density at radius 1 is 1.38 bits per heavy atom. The number of carbonyl (C=O) groups is 1. The number of rotatable bonds is 2. The van der Waals surface area contributed by atoms with Gasteiger partial charge in [-0.15, -0.1) is 12.4 Å². The third-order valence-corrected chi connectivity index (χ3v) is 4.71. The monoisotopic (exact) mass is 349 g/mol. The third kappa shape index (κ3) is 3.44. The van der Waals surface area contributed by atoms with Crippen LogP contribution in [0.25, 0.3) is 5.69 Å². The number of benzene rings is 1. The summed E-state index contributed by atoms with van der Waals surface area (Å²) in [6.07, 6.45) is 3.99. The number of piperidine rings is 1. The normalized spacial score (nSPS) is 19.7. The maximum Gasteiger partial charge on any atom is 0.253 e. The van der Waals surface area contributed by atoms with Gasteiger partial charge in [-0.2, -0.15) is 5.10 Å². The highest BCUT2D eigenvalue weighted by Gasteiger charge is 2.35. The van der Waals surface area contributed by atoms with Gasteiger partial charge in [-0.25, -0.2) is 9.67 Å². The van der Waals surface area contributed by atoms with E-state index in [0.717, 1.165) is 17.7 Å². The summed E-state index contributed by atoms with van der Waals surface area (Å²) < 4.78 is 1.70. The molecule has 24 heavy (non-hydrogen) atoms. The summed E-state index contributed by atoms with van der Waals surface area (Å²) in [6.45, 7) is 7.63. The molecule has 1 saturated heterocycles. The van der Waals surface area contributed by atoms with E-state index in [9.17, 15) is 4.79 Å². The number of halogens is 1. The third-order valence-electron chi connectivity index (χ3n) is 4.71. The fourth-order valence-corrected chi connectivity index (χ4v) is 3.11. The van der Waals surface area contributed by atoms with Crippen LogP contribution in [-0.2, 0) is 0 Å². The summed E-state index contributed by atoms with van der Waals surface area (Å²) in [5, 5.41) is 4.14. The first-order chi connectivity index (χ1) is 10.9. The number of aryl methyl sites for hydroxylation is 1. The molecule has 0 bridgehead atoms. The van der Waals surface area contributed by atoms with Crippen molar-refractivity contribution in [2.24, 2.45) is 11.1 Å². The summed E-state index contributed by atoms with van der Waals surface area (Å²) in [5.41, 5.74) is 8.74. The lowest BCUT2D eigenvalue weighted by Gasteiger charge is -2.42. The minimum Gasteiger partial charge on any atom is -0.338 e. The van der Waals surface area contributed by atoms with E-state index in [1.54, 1.807) is 11.0 Å². The summed E-state index contributed by atoms with van der Waals surface area (Å²) in [5.74, 6) is 0.0678. The van der Waals surface area contributed by atoms with Gasteiger partial charge in [0.05, 0.1) is 5.69 Å². The predicted octanol–water partition coefficient (Wildman–Crippen LogP) is 2.20. The van der Waals surface area contributed by atoms with Crippen LogP contribution < -0.4 is 5.73 Å². The van der Waals surface area contributed by atoms with Crippen molar-refractivity contribution in [3.05, 3.63) is 42.0 Å². The largest absolute Gasteiger partial charge is 0.338 e. The molecule has 1 aliphatic heterocycles. The maximum atomic E-state index is 12.8. The van der Waals surface area contributed by atoms with Crippen molar-refractivity contribution in [3.63, 3.8) is 0 Å². The van der Waals surface area contributed by atoms with Crippen molar-refractivity contribution in [1.82, 2.24) is 19.7 Å². The highest BCUT2D eigenvalue weighted by atomic mass is 35.5. The van der Waals surface area contributed by atoms with E-state index in [2.05, 4.69) is 23.9 Å². The van der Waals surface area contributed by atoms with E-state index in [1.165, 1.54) is 6.33 Å². The number of amides is 1. The molecule has 2 N–H and O–H groups in total. The van der Waals surface area contributed by atoms with Crippen LogP contribution in [0.4, 0.5) is 0 Å². The second-order valence-corrected chi connectivity index (χ2v) is 6.95. The Balaban J connectivity index is 0.00000208. The lowest BCUT2D eigenvalue weighted by atomic mass is 9.79. The quantitative estimate of drug-likeness (QED) is 0.901. The van der Waals surface area contributed by atoms with Crippen LogP contribution >= 0.6 is 12.4 Å². The lowest BCUT2D eigenvalue weighted by molar-refractivity contribution is 0.0533. The Labute approximate surface area is 148 Å². The fourth-order valence-electron chi connectivity index (χ4n) is 3.11. The van der Waals surface area contributed by atoms with Crippen LogP contribution in [0.2, 0.25) is 0 Å². The lowest BCUT2D eigenvalue weighted by Crippen LogP contribution is -2.54. The van der Waals surface area contributed by atoms with Crippen LogP contribution in [0.1, 0.15) is 36.2 Å². The first-order valence-corrected chi connectivity index (χ1v) is 7.89. The molecule has 0 aliphatic carbocycles. The molecule has 3 rings (SSSR count). The number of aromatic nitrogens is 3. The van der Waals surface area contributed by atoms with Crippen molar-refractivity contribution in [3.8, 4) is 5.69 Å². The van der Waals surface area contributed by atoms with Crippen LogP contribution in [0.3, 0.4) is 0 Å². The molecular weight excluding hydrogens is 326 g/mol. The molecule has 1 atom stereocenters. The number of nitrogens with zero attached hydrogens (tertiary/aromatic N) is 4. The minimum atomic E-state index is -0.0520. The van der Waals surface area contributed by atoms with Gasteiger partial charge in [0, 0.05) is 24.7 Å². The molecule has 6 nitrogen and oxygen atoms in total. The zero-order valence-electron chi connectivity index (χ0n) is 14.3. The van der Waals surface area contributed by atoms with Gasteiger partial charge in [0.1, 0.15) is 12.7 Å². The summed E-state index contributed by atoms with van der Waals surface area (Å²) in [4.78, 5) is 18.7. The Morgan fingerprint density at radius 2 is 2.12 bits per heavy atom. The molecular formula is C17H24ClN5O. The predicted molar refractivity (Wildman–Crippen MR) is 95.6 cm³/mol. The minimum absolute atomic E-state index is 0. The van der Waals surface area contributed by atoms with Gasteiger partial charge >= 0.3 is 0 Å². The number of nitrogens with two attached hydrogens (primary N) is 1. The molecule has 2 aromatic rings. The standard InChI is InChI=1S/C17H23N5O.ClH/c1-12-8-13(4-5-14(12)22-11-19-10-20-22)16(23)21-7-6-15(18)17(2,3)9-21;/h4-5,8,10-11,15H,6-7,9,18H2,1-3H3;1H. The first kappa shape index (κ1) is 18.4. The van der Waals surface area contributed by atoms with Gasteiger partial charge in [0.25, 0.3) is 5.91 Å². The molecule has 0 spiro atoms. The highest BCUT2D eigenvalue weighted by molar-refractivity contribution is 5.94. The average Bonchev–Trinajstić information content (AvgIpc) is 3.03. The number of carbonyl (C=O) groups excluding carboxylic acids is 1. The second-order valence-electron chi connectivity index (χ2n) is 6.95. The fraction of sp³-hybridized carbons (Fsp3) is 0.471. The number of hydrogen-bond donors (Lipinski definition) is 1. The van der Waals surface area contributed by atoms with Crippen molar-refractivity contribution < 1.29 is 4.79 Å². The van der Waals surface area contributed by atoms with E-state index in [4.69, 9.17) is 5.73 Å². The van der Waals surface area contributed by atoms with E-state index >= 15 is 0 Å². The molecule has 7 heteroatoms. The molecule has 1 amide bonds. The molecule has 1 aromatic heterocycles. The van der Waals surface area contributed by atoms with Crippen molar-refractivity contribution in [2.45, 2.75) is 33.2 Å². The van der Waals surface area contributed by atoms with Crippen LogP contribution in [0.15, 0.2) is 30.9 Å². The molecule has 130 valence electrons. The zero-order valence-corrected chi connectivity index (χ0v) is 15.1. The van der Waals surface area contributed by atoms with Crippen molar-refractivity contribution >= 4 is 18.3 Å². The maximum absolute atomic E-state index is 12.8. The van der Waals surface area contributed by atoms with E-state index in [1.807, 2.05) is 30.0 Å². The topological polar surface area (TPSA) is 77.0 Å². The van der Waals surface area contributed by atoms with Crippen LogP contribution in [-0.4, -0.2) is 44.7 Å². The zero-order chi connectivity index (χ0) is 16.6. The number of likely N-dealkylation sites (tertiary alicyclic amines) is 1. The molecule has 2 heterocycles. The van der Waals surface area contributed by atoms with Gasteiger partial charge in [0.15, 0.2) is 0 Å². The van der Waals surface area contributed by atoms with Crippen molar-refractivity contribution in [2.75, 3.05) is 13.1 Å². The van der Waals surface area contributed by atoms with Gasteiger partial charge in [-0.05, 0) is 42.5 Å². The van der Waals surface area contributed by atoms with Gasteiger partial charge in [-0.3, -0.25) is 4.79 Å². The SMILES string of the molecule is Cc1cc(C(=O)N2CCC(N)C(C)(C)C2)ccc1-n1cncn1.Cl. The van der Waals surface area contributed by atoms with E-state index < -0.39 is 0 Å². The first-order valence-electron chi connectivity index (χ1n) is 7.89. The molecule has 1 aliphatic rings. The molecule has 1 aromatic carbocycles. The molecule has 1 unspecified atom stereocenters. The molecule has 0 radical (unpaired) electrons. The summed E-state index contributed by atoms with van der Waals surface area (Å²) in [6, 6.07) is 5.83. The van der Waals surface area contributed by atoms with Gasteiger partial charge < -0.3 is 10.6 Å². The molecule has 1 fully saturated rings. The van der Waals surface area contributed by atoms with E-state index in [0.29, 0.717) is 18.7 Å². The Morgan fingerprint density at radius 3 is 2.71 bits per heavy atom. The van der Waals surface area contributed by atoms with Crippen LogP contribution in [0.5, 0.6) is 0 Å². The Bertz CT molecular complexity index is 714. The van der Waals surface area contributed by atoms with Gasteiger partial charge in [0.2, 0.25) is 0 Å². The second kappa shape index (κ2) is 6.91. The Kier molecular flexibility index (Phi) is 5.30. The Hall–Kier alpha value is -1.92. The van der Waals surface area contributed by atoms with Crippen molar-refractivity contribution in [1.29, 1.82) is 0 Å². The van der Waals surface area contributed by atoms with E-state index in [-0.39, 0.29) is 29.8 Å². The highest BCUT2D eigenvalue weighted by Crippen LogP contribution is 2.29. The van der Waals surface area contributed by atoms with Crippen LogP contribution in [0, 0.1) is 12.3 Å². The average molecular weight is 350 g/mol. The smallest absolute Gasteiger partial charge is 0.253 e. The number of hydrogen-bond acceptors (Lipinski definition) is 4. The summed E-state index contributed by atoms with van der Waals surface area (Å²) in [7, 11) is 0.